The van der Waals surface area contributed by atoms with Crippen molar-refractivity contribution in [2.45, 2.75) is 5.75 Å². The van der Waals surface area contributed by atoms with Gasteiger partial charge in [-0.05, 0) is 5.56 Å². The van der Waals surface area contributed by atoms with Crippen LogP contribution in [0.25, 0.3) is 0 Å². The number of benzene rings is 1. The minimum Gasteiger partial charge on any atom is -0.285 e. The molecule has 0 aliphatic carbocycles. The van der Waals surface area contributed by atoms with Gasteiger partial charge in [-0.25, -0.2) is 0 Å². The van der Waals surface area contributed by atoms with Crippen LogP contribution in [0.4, 0.5) is 0 Å². The van der Waals surface area contributed by atoms with E-state index in [9.17, 15) is 8.42 Å². The molecule has 0 aliphatic rings. The Morgan fingerprint density at radius 2 is 1.67 bits per heavy atom. The molecule has 1 N–H and O–H groups in total. The maximum Gasteiger partial charge on any atom is 0.269 e. The number of halogens is 1. The van der Waals surface area contributed by atoms with Gasteiger partial charge in [0.15, 0.2) is 0 Å². The third-order valence-electron chi connectivity index (χ3n) is 1.19. The molecule has 0 atom stereocenters. The van der Waals surface area contributed by atoms with Crippen molar-refractivity contribution in [3.8, 4) is 0 Å². The van der Waals surface area contributed by atoms with E-state index in [1.165, 1.54) is 0 Å². The summed E-state index contributed by atoms with van der Waals surface area (Å²) < 4.78 is 29.2. The SMILES string of the molecule is Br.O=S(=O)(O)Cc1ccccc1. The minimum atomic E-state index is -3.88. The smallest absolute Gasteiger partial charge is 0.269 e. The zero-order valence-electron chi connectivity index (χ0n) is 6.17. The molecule has 12 heavy (non-hydrogen) atoms. The summed E-state index contributed by atoms with van der Waals surface area (Å²) in [7, 11) is -3.88. The summed E-state index contributed by atoms with van der Waals surface area (Å²) >= 11 is 0. The van der Waals surface area contributed by atoms with Gasteiger partial charge in [-0.15, -0.1) is 17.0 Å². The van der Waals surface area contributed by atoms with Crippen LogP contribution in [0.1, 0.15) is 5.56 Å². The number of hydrogen-bond donors (Lipinski definition) is 1. The van der Waals surface area contributed by atoms with Crippen molar-refractivity contribution in [1.82, 2.24) is 0 Å². The molecule has 0 unspecified atom stereocenters. The van der Waals surface area contributed by atoms with Crippen LogP contribution in [0.3, 0.4) is 0 Å². The summed E-state index contributed by atoms with van der Waals surface area (Å²) in [5.74, 6) is -0.312. The van der Waals surface area contributed by atoms with Crippen LogP contribution in [-0.2, 0) is 15.9 Å². The maximum absolute atomic E-state index is 10.4. The van der Waals surface area contributed by atoms with Crippen LogP contribution < -0.4 is 0 Å². The molecule has 1 aromatic rings. The largest absolute Gasteiger partial charge is 0.285 e. The molecule has 0 bridgehead atoms. The molecule has 0 saturated heterocycles. The first-order valence-electron chi connectivity index (χ1n) is 3.07. The summed E-state index contributed by atoms with van der Waals surface area (Å²) in [5.41, 5.74) is 0.593. The molecule has 68 valence electrons. The van der Waals surface area contributed by atoms with Crippen molar-refractivity contribution >= 4 is 27.1 Å². The van der Waals surface area contributed by atoms with Crippen LogP contribution in [0, 0.1) is 0 Å². The second-order valence-electron chi connectivity index (χ2n) is 2.21. The van der Waals surface area contributed by atoms with Gasteiger partial charge in [-0.2, -0.15) is 8.42 Å². The lowest BCUT2D eigenvalue weighted by Crippen LogP contribution is -2.00. The van der Waals surface area contributed by atoms with Crippen molar-refractivity contribution in [2.24, 2.45) is 0 Å². The van der Waals surface area contributed by atoms with Crippen LogP contribution in [0.5, 0.6) is 0 Å². The summed E-state index contributed by atoms with van der Waals surface area (Å²) in [6.45, 7) is 0. The summed E-state index contributed by atoms with van der Waals surface area (Å²) in [5, 5.41) is 0. The lowest BCUT2D eigenvalue weighted by molar-refractivity contribution is 0.482. The molecule has 0 radical (unpaired) electrons. The third-order valence-corrected chi connectivity index (χ3v) is 1.89. The Morgan fingerprint density at radius 3 is 2.08 bits per heavy atom. The first-order chi connectivity index (χ1) is 5.08. The van der Waals surface area contributed by atoms with E-state index in [1.54, 1.807) is 30.3 Å². The van der Waals surface area contributed by atoms with Gasteiger partial charge in [0.05, 0.1) is 0 Å². The fourth-order valence-corrected chi connectivity index (χ4v) is 1.40. The van der Waals surface area contributed by atoms with Crippen molar-refractivity contribution in [1.29, 1.82) is 0 Å². The van der Waals surface area contributed by atoms with Crippen LogP contribution in [0.15, 0.2) is 30.3 Å². The van der Waals surface area contributed by atoms with Gasteiger partial charge in [-0.3, -0.25) is 4.55 Å². The Hall–Kier alpha value is -0.390. The van der Waals surface area contributed by atoms with E-state index in [4.69, 9.17) is 4.55 Å². The van der Waals surface area contributed by atoms with Gasteiger partial charge < -0.3 is 0 Å². The first kappa shape index (κ1) is 11.6. The van der Waals surface area contributed by atoms with Crippen molar-refractivity contribution in [3.05, 3.63) is 35.9 Å². The number of hydrogen-bond acceptors (Lipinski definition) is 2. The highest BCUT2D eigenvalue weighted by molar-refractivity contribution is 8.93. The zero-order valence-corrected chi connectivity index (χ0v) is 8.70. The van der Waals surface area contributed by atoms with Gasteiger partial charge in [0.25, 0.3) is 10.1 Å². The van der Waals surface area contributed by atoms with E-state index in [0.29, 0.717) is 5.56 Å². The fraction of sp³-hybridized carbons (Fsp3) is 0.143. The molecule has 0 heterocycles. The van der Waals surface area contributed by atoms with Gasteiger partial charge >= 0.3 is 0 Å². The molecule has 3 nitrogen and oxygen atoms in total. The predicted octanol–water partition coefficient (Wildman–Crippen LogP) is 1.65. The average Bonchev–Trinajstić information content (AvgIpc) is 1.85. The maximum atomic E-state index is 10.4. The van der Waals surface area contributed by atoms with Gasteiger partial charge in [-0.1, -0.05) is 30.3 Å². The molecule has 5 heteroatoms. The van der Waals surface area contributed by atoms with Crippen LogP contribution >= 0.6 is 17.0 Å². The summed E-state index contributed by atoms with van der Waals surface area (Å²) in [6, 6.07) is 8.52. The lowest BCUT2D eigenvalue weighted by atomic mass is 10.2. The molecule has 0 saturated carbocycles. The van der Waals surface area contributed by atoms with E-state index < -0.39 is 10.1 Å². The van der Waals surface area contributed by atoms with E-state index in [2.05, 4.69) is 0 Å². The highest BCUT2D eigenvalue weighted by Crippen LogP contribution is 2.02. The van der Waals surface area contributed by atoms with E-state index in [-0.39, 0.29) is 22.7 Å². The Bertz CT molecular complexity index is 320. The quantitative estimate of drug-likeness (QED) is 0.815. The zero-order chi connectivity index (χ0) is 8.32. The Balaban J connectivity index is 0.00000121. The normalized spacial score (nSPS) is 10.4. The Kier molecular flexibility index (Phi) is 4.44. The van der Waals surface area contributed by atoms with Crippen LogP contribution in [-0.4, -0.2) is 13.0 Å². The predicted molar refractivity (Wildman–Crippen MR) is 52.0 cm³/mol. The monoisotopic (exact) mass is 252 g/mol. The van der Waals surface area contributed by atoms with Crippen molar-refractivity contribution in [3.63, 3.8) is 0 Å². The molecule has 1 rings (SSSR count). The van der Waals surface area contributed by atoms with E-state index >= 15 is 0 Å². The molecular formula is C7H9BrO3S. The van der Waals surface area contributed by atoms with Gasteiger partial charge in [0.2, 0.25) is 0 Å². The molecule has 0 amide bonds. The lowest BCUT2D eigenvalue weighted by Gasteiger charge is -1.95. The fourth-order valence-electron chi connectivity index (χ4n) is 0.785. The number of rotatable bonds is 2. The van der Waals surface area contributed by atoms with Crippen molar-refractivity contribution in [2.75, 3.05) is 0 Å². The van der Waals surface area contributed by atoms with Gasteiger partial charge in [0, 0.05) is 0 Å². The van der Waals surface area contributed by atoms with Crippen molar-refractivity contribution < 1.29 is 13.0 Å². The molecule has 0 spiro atoms. The van der Waals surface area contributed by atoms with Gasteiger partial charge in [0.1, 0.15) is 5.75 Å². The minimum absolute atomic E-state index is 0. The standard InChI is InChI=1S/C7H8O3S.BrH/c8-11(9,10)6-7-4-2-1-3-5-7;/h1-5H,6H2,(H,8,9,10);1H. The first-order valence-corrected chi connectivity index (χ1v) is 4.68. The third kappa shape index (κ3) is 4.48. The Labute approximate surface area is 81.9 Å². The second-order valence-corrected chi connectivity index (χ2v) is 3.66. The summed E-state index contributed by atoms with van der Waals surface area (Å²) in [4.78, 5) is 0. The molecule has 1 aromatic carbocycles. The Morgan fingerprint density at radius 1 is 1.17 bits per heavy atom. The van der Waals surface area contributed by atoms with E-state index in [0.717, 1.165) is 0 Å². The summed E-state index contributed by atoms with van der Waals surface area (Å²) in [6.07, 6.45) is 0. The molecule has 0 aliphatic heterocycles. The highest BCUT2D eigenvalue weighted by atomic mass is 79.9. The van der Waals surface area contributed by atoms with Crippen LogP contribution in [0.2, 0.25) is 0 Å². The average molecular weight is 253 g/mol. The van der Waals surface area contributed by atoms with E-state index in [1.807, 2.05) is 0 Å². The topological polar surface area (TPSA) is 54.4 Å². The molecule has 0 aromatic heterocycles. The second kappa shape index (κ2) is 4.59. The molecule has 0 fully saturated rings. The molecular weight excluding hydrogens is 244 g/mol. The highest BCUT2D eigenvalue weighted by Gasteiger charge is 2.04.